The van der Waals surface area contributed by atoms with E-state index in [2.05, 4.69) is 10.4 Å². The lowest BCUT2D eigenvalue weighted by Crippen LogP contribution is -2.13. The number of aryl methyl sites for hydroxylation is 2. The number of hydrogen-bond donors (Lipinski definition) is 2. The molecule has 0 fully saturated rings. The van der Waals surface area contributed by atoms with Crippen LogP contribution in [0.15, 0.2) is 36.4 Å². The van der Waals surface area contributed by atoms with E-state index >= 15 is 0 Å². The highest BCUT2D eigenvalue weighted by Gasteiger charge is 2.13. The molecule has 0 atom stereocenters. The largest absolute Gasteiger partial charge is 0.481 e. The van der Waals surface area contributed by atoms with Gasteiger partial charge in [0.2, 0.25) is 5.91 Å². The maximum atomic E-state index is 12.5. The minimum absolute atomic E-state index is 0.0907. The predicted molar refractivity (Wildman–Crippen MR) is 107 cm³/mol. The first-order valence-electron chi connectivity index (χ1n) is 9.02. The molecule has 7 nitrogen and oxygen atoms in total. The average Bonchev–Trinajstić information content (AvgIpc) is 2.91. The SMILES string of the molecule is Cc1nn(C)c(C)c1CCC(=O)Nc1ccc(OCC(=O)O)c2ccccc12. The van der Waals surface area contributed by atoms with Gasteiger partial charge in [0.25, 0.3) is 0 Å². The van der Waals surface area contributed by atoms with Gasteiger partial charge in [-0.05, 0) is 38.0 Å². The van der Waals surface area contributed by atoms with Crippen LogP contribution in [-0.2, 0) is 23.1 Å². The van der Waals surface area contributed by atoms with E-state index in [0.717, 1.165) is 27.7 Å². The van der Waals surface area contributed by atoms with Crippen LogP contribution in [-0.4, -0.2) is 33.4 Å². The lowest BCUT2D eigenvalue weighted by Gasteiger charge is -2.12. The van der Waals surface area contributed by atoms with Crippen molar-refractivity contribution in [2.45, 2.75) is 26.7 Å². The maximum absolute atomic E-state index is 12.5. The predicted octanol–water partition coefficient (Wildman–Crippen LogP) is 3.22. The number of hydrogen-bond acceptors (Lipinski definition) is 4. The summed E-state index contributed by atoms with van der Waals surface area (Å²) in [6.07, 6.45) is 0.966. The number of anilines is 1. The standard InChI is InChI=1S/C21H23N3O4/c1-13-15(14(2)24(3)23-13)8-11-20(25)22-18-9-10-19(28-12-21(26)27)17-7-5-4-6-16(17)18/h4-7,9-10H,8,11-12H2,1-3H3,(H,22,25)(H,26,27). The molecule has 0 unspecified atom stereocenters. The van der Waals surface area contributed by atoms with E-state index in [-0.39, 0.29) is 5.91 Å². The summed E-state index contributed by atoms with van der Waals surface area (Å²) in [7, 11) is 1.89. The third-order valence-electron chi connectivity index (χ3n) is 4.77. The lowest BCUT2D eigenvalue weighted by molar-refractivity contribution is -0.139. The molecule has 1 amide bonds. The van der Waals surface area contributed by atoms with E-state index in [4.69, 9.17) is 9.84 Å². The van der Waals surface area contributed by atoms with Gasteiger partial charge in [-0.2, -0.15) is 5.10 Å². The zero-order chi connectivity index (χ0) is 20.3. The number of carbonyl (C=O) groups is 2. The number of amides is 1. The number of carboxylic acid groups (broad SMARTS) is 1. The van der Waals surface area contributed by atoms with Crippen molar-refractivity contribution in [2.24, 2.45) is 7.05 Å². The van der Waals surface area contributed by atoms with Gasteiger partial charge < -0.3 is 15.2 Å². The molecule has 0 saturated carbocycles. The van der Waals surface area contributed by atoms with Gasteiger partial charge in [-0.15, -0.1) is 0 Å². The minimum Gasteiger partial charge on any atom is -0.481 e. The van der Waals surface area contributed by atoms with Crippen molar-refractivity contribution < 1.29 is 19.4 Å². The van der Waals surface area contributed by atoms with Crippen LogP contribution < -0.4 is 10.1 Å². The molecule has 2 N–H and O–H groups in total. The van der Waals surface area contributed by atoms with Gasteiger partial charge in [-0.3, -0.25) is 9.48 Å². The van der Waals surface area contributed by atoms with Crippen LogP contribution in [0.1, 0.15) is 23.4 Å². The Morgan fingerprint density at radius 1 is 1.14 bits per heavy atom. The molecular formula is C21H23N3O4. The molecule has 0 saturated heterocycles. The van der Waals surface area contributed by atoms with Crippen LogP contribution in [0.2, 0.25) is 0 Å². The number of benzene rings is 2. The number of fused-ring (bicyclic) bond motifs is 1. The highest BCUT2D eigenvalue weighted by atomic mass is 16.5. The van der Waals surface area contributed by atoms with E-state index in [1.807, 2.05) is 49.8 Å². The van der Waals surface area contributed by atoms with Crippen LogP contribution in [0, 0.1) is 13.8 Å². The van der Waals surface area contributed by atoms with Gasteiger partial charge in [-0.1, -0.05) is 24.3 Å². The molecule has 1 aromatic heterocycles. The monoisotopic (exact) mass is 381 g/mol. The van der Waals surface area contributed by atoms with Crippen molar-refractivity contribution in [2.75, 3.05) is 11.9 Å². The first kappa shape index (κ1) is 19.4. The number of aromatic nitrogens is 2. The fraction of sp³-hybridized carbons (Fsp3) is 0.286. The number of nitrogens with one attached hydrogen (secondary N) is 1. The first-order valence-corrected chi connectivity index (χ1v) is 9.02. The Hall–Kier alpha value is -3.35. The topological polar surface area (TPSA) is 93.5 Å². The fourth-order valence-electron chi connectivity index (χ4n) is 3.28. The summed E-state index contributed by atoms with van der Waals surface area (Å²) in [5.41, 5.74) is 3.77. The van der Waals surface area contributed by atoms with Crippen molar-refractivity contribution in [1.29, 1.82) is 0 Å². The van der Waals surface area contributed by atoms with Crippen molar-refractivity contribution in [3.8, 4) is 5.75 Å². The normalized spacial score (nSPS) is 10.8. The summed E-state index contributed by atoms with van der Waals surface area (Å²) in [5.74, 6) is -0.660. The zero-order valence-corrected chi connectivity index (χ0v) is 16.2. The molecule has 0 aliphatic carbocycles. The smallest absolute Gasteiger partial charge is 0.341 e. The van der Waals surface area contributed by atoms with Crippen LogP contribution in [0.4, 0.5) is 5.69 Å². The van der Waals surface area contributed by atoms with E-state index in [0.29, 0.717) is 24.3 Å². The van der Waals surface area contributed by atoms with Gasteiger partial charge in [0, 0.05) is 35.6 Å². The second kappa shape index (κ2) is 8.12. The number of aliphatic carboxylic acids is 1. The van der Waals surface area contributed by atoms with Crippen LogP contribution in [0.3, 0.4) is 0 Å². The van der Waals surface area contributed by atoms with Gasteiger partial charge in [0.1, 0.15) is 5.75 Å². The number of ether oxygens (including phenoxy) is 1. The quantitative estimate of drug-likeness (QED) is 0.655. The first-order chi connectivity index (χ1) is 13.4. The Morgan fingerprint density at radius 2 is 1.86 bits per heavy atom. The Bertz CT molecular complexity index is 1040. The third kappa shape index (κ3) is 4.14. The van der Waals surface area contributed by atoms with E-state index in [1.54, 1.807) is 12.1 Å². The molecule has 7 heteroatoms. The molecule has 28 heavy (non-hydrogen) atoms. The minimum atomic E-state index is -1.04. The molecule has 0 aliphatic heterocycles. The van der Waals surface area contributed by atoms with Crippen molar-refractivity contribution in [3.63, 3.8) is 0 Å². The van der Waals surface area contributed by atoms with Gasteiger partial charge in [-0.25, -0.2) is 4.79 Å². The van der Waals surface area contributed by atoms with Gasteiger partial charge in [0.15, 0.2) is 6.61 Å². The molecule has 0 aliphatic rings. The molecule has 0 radical (unpaired) electrons. The Morgan fingerprint density at radius 3 is 2.50 bits per heavy atom. The summed E-state index contributed by atoms with van der Waals surface area (Å²) < 4.78 is 7.18. The second-order valence-corrected chi connectivity index (χ2v) is 6.66. The van der Waals surface area contributed by atoms with Crippen molar-refractivity contribution in [3.05, 3.63) is 53.3 Å². The summed E-state index contributed by atoms with van der Waals surface area (Å²) in [5, 5.41) is 17.7. The summed E-state index contributed by atoms with van der Waals surface area (Å²) in [4.78, 5) is 23.3. The zero-order valence-electron chi connectivity index (χ0n) is 16.2. The van der Waals surface area contributed by atoms with Crippen LogP contribution in [0.5, 0.6) is 5.75 Å². The highest BCUT2D eigenvalue weighted by molar-refractivity contribution is 6.04. The molecule has 0 bridgehead atoms. The molecule has 3 aromatic rings. The Balaban J connectivity index is 1.75. The molecular weight excluding hydrogens is 358 g/mol. The maximum Gasteiger partial charge on any atom is 0.341 e. The van der Waals surface area contributed by atoms with E-state index in [9.17, 15) is 9.59 Å². The fourth-order valence-corrected chi connectivity index (χ4v) is 3.28. The average molecular weight is 381 g/mol. The Labute approximate surface area is 162 Å². The molecule has 0 spiro atoms. The summed E-state index contributed by atoms with van der Waals surface area (Å²) in [6, 6.07) is 10.8. The second-order valence-electron chi connectivity index (χ2n) is 6.66. The summed E-state index contributed by atoms with van der Waals surface area (Å²) in [6.45, 7) is 3.53. The lowest BCUT2D eigenvalue weighted by atomic mass is 10.1. The molecule has 1 heterocycles. The van der Waals surface area contributed by atoms with Crippen molar-refractivity contribution >= 4 is 28.3 Å². The van der Waals surface area contributed by atoms with Gasteiger partial charge in [0.05, 0.1) is 5.69 Å². The number of carbonyl (C=O) groups excluding carboxylic acids is 1. The molecule has 3 rings (SSSR count). The number of nitrogens with zero attached hydrogens (tertiary/aromatic N) is 2. The summed E-state index contributed by atoms with van der Waals surface area (Å²) >= 11 is 0. The molecule has 146 valence electrons. The van der Waals surface area contributed by atoms with Crippen LogP contribution >= 0.6 is 0 Å². The van der Waals surface area contributed by atoms with Crippen molar-refractivity contribution in [1.82, 2.24) is 9.78 Å². The highest BCUT2D eigenvalue weighted by Crippen LogP contribution is 2.31. The van der Waals surface area contributed by atoms with E-state index < -0.39 is 12.6 Å². The van der Waals surface area contributed by atoms with Crippen LogP contribution in [0.25, 0.3) is 10.8 Å². The third-order valence-corrected chi connectivity index (χ3v) is 4.77. The van der Waals surface area contributed by atoms with E-state index in [1.165, 1.54) is 0 Å². The Kier molecular flexibility index (Phi) is 5.63. The number of carboxylic acids is 1. The molecule has 2 aromatic carbocycles. The van der Waals surface area contributed by atoms with Gasteiger partial charge >= 0.3 is 5.97 Å². The number of rotatable bonds is 7.